The molecule has 0 aliphatic carbocycles. The van der Waals surface area contributed by atoms with Crippen molar-refractivity contribution in [3.05, 3.63) is 29.6 Å². The molecular formula is C10H14F2N4. The Bertz CT molecular complexity index is 368. The molecule has 0 atom stereocenters. The first-order valence-electron chi connectivity index (χ1n) is 4.75. The van der Waals surface area contributed by atoms with Crippen LogP contribution in [-0.4, -0.2) is 35.7 Å². The summed E-state index contributed by atoms with van der Waals surface area (Å²) in [5, 5.41) is 7.31. The molecule has 1 aromatic rings. The maximum absolute atomic E-state index is 12.1. The first-order valence-corrected chi connectivity index (χ1v) is 4.75. The third-order valence-corrected chi connectivity index (χ3v) is 2.04. The van der Waals surface area contributed by atoms with Gasteiger partial charge in [-0.05, 0) is 18.7 Å². The van der Waals surface area contributed by atoms with Crippen LogP contribution >= 0.6 is 0 Å². The molecule has 0 unspecified atom stereocenters. The highest BCUT2D eigenvalue weighted by molar-refractivity contribution is 5.94. The topological polar surface area (TPSA) is 66.0 Å². The van der Waals surface area contributed by atoms with Gasteiger partial charge in [0.05, 0.1) is 6.54 Å². The second-order valence-corrected chi connectivity index (χ2v) is 3.51. The molecule has 0 spiro atoms. The third-order valence-electron chi connectivity index (χ3n) is 2.04. The van der Waals surface area contributed by atoms with Gasteiger partial charge in [0.15, 0.2) is 0 Å². The summed E-state index contributed by atoms with van der Waals surface area (Å²) < 4.78 is 24.2. The van der Waals surface area contributed by atoms with E-state index < -0.39 is 6.43 Å². The molecule has 0 saturated carbocycles. The van der Waals surface area contributed by atoms with Crippen LogP contribution in [0.15, 0.2) is 18.3 Å². The van der Waals surface area contributed by atoms with Crippen LogP contribution in [0, 0.1) is 5.41 Å². The highest BCUT2D eigenvalue weighted by Gasteiger charge is 2.11. The Morgan fingerprint density at radius 1 is 1.62 bits per heavy atom. The number of nitrogens with zero attached hydrogens (tertiary/aromatic N) is 2. The Morgan fingerprint density at radius 2 is 2.31 bits per heavy atom. The molecule has 6 heteroatoms. The molecule has 0 radical (unpaired) electrons. The SMILES string of the molecule is CN(Cc1cccnc1C(=N)N)CC(F)F. The minimum absolute atomic E-state index is 0.152. The molecule has 1 aromatic heterocycles. The summed E-state index contributed by atoms with van der Waals surface area (Å²) in [4.78, 5) is 5.41. The third kappa shape index (κ3) is 3.54. The molecule has 0 aliphatic rings. The number of hydrogen-bond donors (Lipinski definition) is 2. The summed E-state index contributed by atoms with van der Waals surface area (Å²) in [7, 11) is 1.59. The molecule has 0 amide bonds. The van der Waals surface area contributed by atoms with Crippen LogP contribution in [0.3, 0.4) is 0 Å². The summed E-state index contributed by atoms with van der Waals surface area (Å²) in [6, 6.07) is 3.42. The van der Waals surface area contributed by atoms with Gasteiger partial charge in [0.1, 0.15) is 11.5 Å². The maximum Gasteiger partial charge on any atom is 0.251 e. The fraction of sp³-hybridized carbons (Fsp3) is 0.400. The van der Waals surface area contributed by atoms with Gasteiger partial charge < -0.3 is 5.73 Å². The monoisotopic (exact) mass is 228 g/mol. The van der Waals surface area contributed by atoms with Gasteiger partial charge in [0, 0.05) is 12.7 Å². The van der Waals surface area contributed by atoms with Gasteiger partial charge in [0.2, 0.25) is 0 Å². The lowest BCUT2D eigenvalue weighted by Gasteiger charge is -2.17. The fourth-order valence-electron chi connectivity index (χ4n) is 1.40. The minimum atomic E-state index is -2.37. The van der Waals surface area contributed by atoms with Gasteiger partial charge in [-0.25, -0.2) is 8.78 Å². The van der Waals surface area contributed by atoms with Crippen LogP contribution < -0.4 is 5.73 Å². The summed E-state index contributed by atoms with van der Waals surface area (Å²) in [5.41, 5.74) is 6.38. The van der Waals surface area contributed by atoms with Crippen molar-refractivity contribution in [1.29, 1.82) is 5.41 Å². The predicted molar refractivity (Wildman–Crippen MR) is 57.6 cm³/mol. The summed E-state index contributed by atoms with van der Waals surface area (Å²) in [6.45, 7) is -0.0146. The zero-order chi connectivity index (χ0) is 12.1. The number of alkyl halides is 2. The number of nitrogen functional groups attached to an aromatic ring is 1. The van der Waals surface area contributed by atoms with Crippen LogP contribution in [0.4, 0.5) is 8.78 Å². The van der Waals surface area contributed by atoms with Gasteiger partial charge in [-0.1, -0.05) is 6.07 Å². The highest BCUT2D eigenvalue weighted by Crippen LogP contribution is 2.08. The van der Waals surface area contributed by atoms with Gasteiger partial charge in [0.25, 0.3) is 6.43 Å². The Labute approximate surface area is 92.6 Å². The van der Waals surface area contributed by atoms with E-state index in [2.05, 4.69) is 4.98 Å². The average Bonchev–Trinajstić information content (AvgIpc) is 2.16. The predicted octanol–water partition coefficient (Wildman–Crippen LogP) is 1.06. The van der Waals surface area contributed by atoms with Crippen LogP contribution in [0.2, 0.25) is 0 Å². The highest BCUT2D eigenvalue weighted by atomic mass is 19.3. The van der Waals surface area contributed by atoms with Crippen molar-refractivity contribution in [1.82, 2.24) is 9.88 Å². The first-order chi connectivity index (χ1) is 7.50. The fourth-order valence-corrected chi connectivity index (χ4v) is 1.40. The van der Waals surface area contributed by atoms with E-state index in [0.29, 0.717) is 17.8 Å². The van der Waals surface area contributed by atoms with Crippen LogP contribution in [-0.2, 0) is 6.54 Å². The molecule has 3 N–H and O–H groups in total. The van der Waals surface area contributed by atoms with Crippen LogP contribution in [0.1, 0.15) is 11.3 Å². The van der Waals surface area contributed by atoms with E-state index in [4.69, 9.17) is 11.1 Å². The van der Waals surface area contributed by atoms with Gasteiger partial charge >= 0.3 is 0 Å². The Kier molecular flexibility index (Phi) is 4.30. The van der Waals surface area contributed by atoms with Crippen molar-refractivity contribution < 1.29 is 8.78 Å². The Hall–Kier alpha value is -1.56. The maximum atomic E-state index is 12.1. The number of amidine groups is 1. The molecule has 0 aromatic carbocycles. The van der Waals surface area contributed by atoms with Crippen molar-refractivity contribution in [2.45, 2.75) is 13.0 Å². The largest absolute Gasteiger partial charge is 0.382 e. The molecular weight excluding hydrogens is 214 g/mol. The smallest absolute Gasteiger partial charge is 0.251 e. The van der Waals surface area contributed by atoms with Gasteiger partial charge in [-0.3, -0.25) is 15.3 Å². The molecule has 16 heavy (non-hydrogen) atoms. The second kappa shape index (κ2) is 5.50. The molecule has 0 saturated heterocycles. The zero-order valence-electron chi connectivity index (χ0n) is 8.95. The van der Waals surface area contributed by atoms with Crippen molar-refractivity contribution in [2.24, 2.45) is 5.73 Å². The number of aromatic nitrogens is 1. The quantitative estimate of drug-likeness (QED) is 0.585. The van der Waals surface area contributed by atoms with E-state index in [1.165, 1.54) is 11.1 Å². The number of nitrogens with two attached hydrogens (primary N) is 1. The first kappa shape index (κ1) is 12.5. The van der Waals surface area contributed by atoms with Crippen molar-refractivity contribution in [3.63, 3.8) is 0 Å². The lowest BCUT2D eigenvalue weighted by Crippen LogP contribution is -2.26. The molecule has 88 valence electrons. The standard InChI is InChI=1S/C10H14F2N4/c1-16(6-8(11)12)5-7-3-2-4-15-9(7)10(13)14/h2-4,8H,5-6H2,1H3,(H3,13,14). The molecule has 0 fully saturated rings. The minimum Gasteiger partial charge on any atom is -0.382 e. The average molecular weight is 228 g/mol. The molecule has 0 bridgehead atoms. The van der Waals surface area contributed by atoms with Crippen LogP contribution in [0.25, 0.3) is 0 Å². The Balaban J connectivity index is 2.76. The van der Waals surface area contributed by atoms with E-state index in [-0.39, 0.29) is 12.4 Å². The van der Waals surface area contributed by atoms with Crippen LogP contribution in [0.5, 0.6) is 0 Å². The lowest BCUT2D eigenvalue weighted by molar-refractivity contribution is 0.0975. The van der Waals surface area contributed by atoms with Crippen molar-refractivity contribution in [3.8, 4) is 0 Å². The number of rotatable bonds is 5. The summed E-state index contributed by atoms with van der Waals surface area (Å²) in [5.74, 6) is -0.152. The van der Waals surface area contributed by atoms with E-state index in [1.807, 2.05) is 0 Å². The molecule has 1 heterocycles. The van der Waals surface area contributed by atoms with E-state index in [0.717, 1.165) is 0 Å². The van der Waals surface area contributed by atoms with E-state index in [1.54, 1.807) is 19.2 Å². The number of pyridine rings is 1. The van der Waals surface area contributed by atoms with Crippen molar-refractivity contribution in [2.75, 3.05) is 13.6 Å². The summed E-state index contributed by atoms with van der Waals surface area (Å²) in [6.07, 6.45) is -0.852. The summed E-state index contributed by atoms with van der Waals surface area (Å²) >= 11 is 0. The number of halogens is 2. The Morgan fingerprint density at radius 3 is 2.88 bits per heavy atom. The molecule has 1 rings (SSSR count). The number of nitrogens with one attached hydrogen (secondary N) is 1. The zero-order valence-corrected chi connectivity index (χ0v) is 8.95. The van der Waals surface area contributed by atoms with E-state index in [9.17, 15) is 8.78 Å². The van der Waals surface area contributed by atoms with Gasteiger partial charge in [-0.2, -0.15) is 0 Å². The van der Waals surface area contributed by atoms with E-state index >= 15 is 0 Å². The lowest BCUT2D eigenvalue weighted by atomic mass is 10.1. The number of hydrogen-bond acceptors (Lipinski definition) is 3. The molecule has 0 aliphatic heterocycles. The van der Waals surface area contributed by atoms with Gasteiger partial charge in [-0.15, -0.1) is 0 Å². The van der Waals surface area contributed by atoms with Crippen molar-refractivity contribution >= 4 is 5.84 Å². The normalized spacial score (nSPS) is 11.1. The molecule has 4 nitrogen and oxygen atoms in total. The second-order valence-electron chi connectivity index (χ2n) is 3.51.